The summed E-state index contributed by atoms with van der Waals surface area (Å²) >= 11 is 3.17. The number of rotatable bonds is 4. The summed E-state index contributed by atoms with van der Waals surface area (Å²) in [7, 11) is -9.04. The maximum absolute atomic E-state index is 13.1. The predicted molar refractivity (Wildman–Crippen MR) is 79.7 cm³/mol. The van der Waals surface area contributed by atoms with Crippen molar-refractivity contribution in [1.82, 2.24) is 0 Å². The van der Waals surface area contributed by atoms with Crippen molar-refractivity contribution in [1.29, 1.82) is 0 Å². The third-order valence-corrected chi connectivity index (χ3v) is 5.31. The Hall–Kier alpha value is -1.45. The lowest BCUT2D eigenvalue weighted by molar-refractivity contribution is 0.552. The van der Waals surface area contributed by atoms with Crippen LogP contribution in [0.15, 0.2) is 62.8 Å². The van der Waals surface area contributed by atoms with Crippen LogP contribution in [0.5, 0.6) is 0 Å². The van der Waals surface area contributed by atoms with Crippen LogP contribution in [0.3, 0.4) is 0 Å². The molecular weight excluding hydrogens is 385 g/mol. The smallest absolute Gasteiger partial charge is 0.278 e. The normalized spacial score (nSPS) is 12.1. The minimum Gasteiger partial charge on any atom is -0.278 e. The van der Waals surface area contributed by atoms with Crippen LogP contribution < -0.4 is 4.72 Å². The van der Waals surface area contributed by atoms with Crippen molar-refractivity contribution in [3.63, 3.8) is 0 Å². The minimum atomic E-state index is -5.03. The summed E-state index contributed by atoms with van der Waals surface area (Å²) in [5.41, 5.74) is -0.345. The average molecular weight is 394 g/mol. The van der Waals surface area contributed by atoms with Gasteiger partial charge in [-0.15, -0.1) is 3.89 Å². The van der Waals surface area contributed by atoms with Gasteiger partial charge in [-0.3, -0.25) is 4.72 Å². The molecule has 2 aromatic carbocycles. The van der Waals surface area contributed by atoms with Crippen molar-refractivity contribution < 1.29 is 20.7 Å². The molecule has 9 heteroatoms. The first-order valence-corrected chi connectivity index (χ1v) is 9.18. The first kappa shape index (κ1) is 15.9. The largest absolute Gasteiger partial charge is 0.334 e. The fourth-order valence-electron chi connectivity index (χ4n) is 1.58. The molecule has 0 saturated carbocycles. The SMILES string of the molecule is O=S(=O)(F)c1ccccc1NS(=O)(=O)c1ccc(Br)cc1. The molecule has 0 fully saturated rings. The molecule has 0 unspecified atom stereocenters. The van der Waals surface area contributed by atoms with E-state index >= 15 is 0 Å². The summed E-state index contributed by atoms with van der Waals surface area (Å²) in [4.78, 5) is -0.803. The second-order valence-electron chi connectivity index (χ2n) is 3.99. The van der Waals surface area contributed by atoms with Gasteiger partial charge in [0.25, 0.3) is 10.0 Å². The molecule has 0 amide bonds. The monoisotopic (exact) mass is 393 g/mol. The molecule has 2 aromatic rings. The molecule has 0 aliphatic rings. The van der Waals surface area contributed by atoms with E-state index in [0.717, 1.165) is 6.07 Å². The molecule has 21 heavy (non-hydrogen) atoms. The van der Waals surface area contributed by atoms with Crippen LogP contribution in [0.25, 0.3) is 0 Å². The molecule has 0 aliphatic heterocycles. The van der Waals surface area contributed by atoms with Crippen molar-refractivity contribution in [3.05, 3.63) is 53.0 Å². The van der Waals surface area contributed by atoms with Crippen LogP contribution in [-0.2, 0) is 20.2 Å². The average Bonchev–Trinajstić information content (AvgIpc) is 2.38. The Balaban J connectivity index is 2.45. The van der Waals surface area contributed by atoms with Gasteiger partial charge in [0, 0.05) is 4.47 Å². The van der Waals surface area contributed by atoms with Crippen molar-refractivity contribution in [2.24, 2.45) is 0 Å². The van der Waals surface area contributed by atoms with Crippen LogP contribution in [0.1, 0.15) is 0 Å². The van der Waals surface area contributed by atoms with Crippen LogP contribution in [0, 0.1) is 0 Å². The molecule has 0 aliphatic carbocycles. The summed E-state index contributed by atoms with van der Waals surface area (Å²) in [6.45, 7) is 0. The molecule has 112 valence electrons. The van der Waals surface area contributed by atoms with E-state index in [1.54, 1.807) is 0 Å². The van der Waals surface area contributed by atoms with Crippen LogP contribution in [-0.4, -0.2) is 16.8 Å². The number of benzene rings is 2. The van der Waals surface area contributed by atoms with E-state index in [1.165, 1.54) is 42.5 Å². The molecular formula is C12H9BrFNO4S2. The maximum Gasteiger partial charge on any atom is 0.334 e. The zero-order chi connectivity index (χ0) is 15.7. The molecule has 0 saturated heterocycles. The van der Waals surface area contributed by atoms with E-state index in [2.05, 4.69) is 20.7 Å². The van der Waals surface area contributed by atoms with Gasteiger partial charge in [-0.25, -0.2) is 8.42 Å². The fourth-order valence-corrected chi connectivity index (χ4v) is 3.61. The number of sulfonamides is 1. The van der Waals surface area contributed by atoms with Crippen molar-refractivity contribution in [3.8, 4) is 0 Å². The van der Waals surface area contributed by atoms with Gasteiger partial charge in [0.15, 0.2) is 0 Å². The third-order valence-electron chi connectivity index (χ3n) is 2.52. The number of anilines is 1. The van der Waals surface area contributed by atoms with Gasteiger partial charge in [-0.05, 0) is 36.4 Å². The summed E-state index contributed by atoms with van der Waals surface area (Å²) < 4.78 is 62.2. The minimum absolute atomic E-state index is 0.0724. The van der Waals surface area contributed by atoms with Gasteiger partial charge >= 0.3 is 10.2 Å². The van der Waals surface area contributed by atoms with Gasteiger partial charge in [0.05, 0.1) is 10.6 Å². The highest BCUT2D eigenvalue weighted by atomic mass is 79.9. The standard InChI is InChI=1S/C12H9BrFNO4S2/c13-9-5-7-10(8-6-9)21(18,19)15-11-3-1-2-4-12(11)20(14,16)17/h1-8,15H. The molecule has 0 bridgehead atoms. The summed E-state index contributed by atoms with van der Waals surface area (Å²) in [5, 5.41) is 0. The predicted octanol–water partition coefficient (Wildman–Crippen LogP) is 2.91. The number of halogens is 2. The second-order valence-corrected chi connectivity index (χ2v) is 7.91. The van der Waals surface area contributed by atoms with Gasteiger partial charge in [0.2, 0.25) is 0 Å². The third kappa shape index (κ3) is 3.80. The molecule has 0 spiro atoms. The zero-order valence-corrected chi connectivity index (χ0v) is 13.5. The molecule has 0 heterocycles. The summed E-state index contributed by atoms with van der Waals surface area (Å²) in [6, 6.07) is 10.5. The van der Waals surface area contributed by atoms with Crippen molar-refractivity contribution in [2.45, 2.75) is 9.79 Å². The Morgan fingerprint density at radius 1 is 0.905 bits per heavy atom. The van der Waals surface area contributed by atoms with Crippen molar-refractivity contribution >= 4 is 41.9 Å². The fraction of sp³-hybridized carbons (Fsp3) is 0. The lowest BCUT2D eigenvalue weighted by Gasteiger charge is -2.10. The summed E-state index contributed by atoms with van der Waals surface area (Å²) in [5.74, 6) is 0. The summed E-state index contributed by atoms with van der Waals surface area (Å²) in [6.07, 6.45) is 0. The van der Waals surface area contributed by atoms with Crippen molar-refractivity contribution in [2.75, 3.05) is 4.72 Å². The van der Waals surface area contributed by atoms with Gasteiger partial charge in [-0.2, -0.15) is 8.42 Å². The number of para-hydroxylation sites is 1. The lowest BCUT2D eigenvalue weighted by atomic mass is 10.3. The Labute approximate surface area is 130 Å². The number of hydrogen-bond donors (Lipinski definition) is 1. The number of nitrogens with one attached hydrogen (secondary N) is 1. The quantitative estimate of drug-likeness (QED) is 0.809. The van der Waals surface area contributed by atoms with E-state index in [0.29, 0.717) is 4.47 Å². The van der Waals surface area contributed by atoms with Gasteiger partial charge < -0.3 is 0 Å². The molecule has 0 radical (unpaired) electrons. The van der Waals surface area contributed by atoms with Gasteiger partial charge in [-0.1, -0.05) is 28.1 Å². The molecule has 0 atom stereocenters. The highest BCUT2D eigenvalue weighted by Crippen LogP contribution is 2.25. The van der Waals surface area contributed by atoms with E-state index < -0.39 is 25.1 Å². The van der Waals surface area contributed by atoms with Crippen LogP contribution in [0.4, 0.5) is 9.57 Å². The highest BCUT2D eigenvalue weighted by Gasteiger charge is 2.21. The Kier molecular flexibility index (Phi) is 4.35. The first-order chi connectivity index (χ1) is 9.70. The van der Waals surface area contributed by atoms with Gasteiger partial charge in [0.1, 0.15) is 4.90 Å². The topological polar surface area (TPSA) is 80.3 Å². The highest BCUT2D eigenvalue weighted by molar-refractivity contribution is 9.10. The molecule has 1 N–H and O–H groups in total. The van der Waals surface area contributed by atoms with Crippen LogP contribution >= 0.6 is 15.9 Å². The Morgan fingerprint density at radius 2 is 1.48 bits per heavy atom. The van der Waals surface area contributed by atoms with E-state index in [-0.39, 0.29) is 10.6 Å². The van der Waals surface area contributed by atoms with E-state index in [4.69, 9.17) is 0 Å². The van der Waals surface area contributed by atoms with Crippen LogP contribution in [0.2, 0.25) is 0 Å². The van der Waals surface area contributed by atoms with E-state index in [1.807, 2.05) is 0 Å². The second kappa shape index (κ2) is 5.74. The van der Waals surface area contributed by atoms with E-state index in [9.17, 15) is 20.7 Å². The molecule has 2 rings (SSSR count). The number of hydrogen-bond acceptors (Lipinski definition) is 4. The molecule has 0 aromatic heterocycles. The maximum atomic E-state index is 13.1. The Morgan fingerprint density at radius 3 is 2.05 bits per heavy atom. The first-order valence-electron chi connectivity index (χ1n) is 5.52. The molecule has 5 nitrogen and oxygen atoms in total. The Bertz CT molecular complexity index is 864. The lowest BCUT2D eigenvalue weighted by Crippen LogP contribution is -2.14. The zero-order valence-electron chi connectivity index (χ0n) is 10.3.